The first kappa shape index (κ1) is 13.0. The maximum Gasteiger partial charge on any atom is 0.331 e. The van der Waals surface area contributed by atoms with Crippen LogP contribution in [0.5, 0.6) is 0 Å². The van der Waals surface area contributed by atoms with Crippen molar-refractivity contribution in [3.05, 3.63) is 77.0 Å². The minimum absolute atomic E-state index is 0.156. The number of nitrogens with zero attached hydrogens (tertiary/aromatic N) is 3. The number of aromatic amines is 1. The van der Waals surface area contributed by atoms with Crippen LogP contribution in [-0.2, 0) is 0 Å². The Kier molecular flexibility index (Phi) is 2.58. The Bertz CT molecular complexity index is 1170. The average Bonchev–Trinajstić information content (AvgIpc) is 2.85. The number of pyridine rings is 1. The number of H-pyrrole nitrogens is 1. The highest BCUT2D eigenvalue weighted by atomic mass is 16.1. The maximum absolute atomic E-state index is 12.6. The van der Waals surface area contributed by atoms with E-state index in [0.717, 1.165) is 39.1 Å². The number of aliphatic imine (C=N–C) groups is 1. The van der Waals surface area contributed by atoms with E-state index in [1.807, 2.05) is 54.7 Å². The molecule has 1 N–H and O–H groups in total. The fourth-order valence-corrected chi connectivity index (χ4v) is 3.26. The van der Waals surface area contributed by atoms with Gasteiger partial charge in [0.2, 0.25) is 0 Å². The molecule has 0 unspecified atom stereocenters. The predicted molar refractivity (Wildman–Crippen MR) is 94.4 cm³/mol. The zero-order chi connectivity index (χ0) is 16.1. The highest BCUT2D eigenvalue weighted by Gasteiger charge is 2.19. The molecule has 0 radical (unpaired) electrons. The summed E-state index contributed by atoms with van der Waals surface area (Å²) in [5.41, 5.74) is 5.98. The van der Waals surface area contributed by atoms with E-state index in [4.69, 9.17) is 4.99 Å². The lowest BCUT2D eigenvalue weighted by molar-refractivity contribution is 1.02. The van der Waals surface area contributed by atoms with Crippen molar-refractivity contribution in [3.8, 4) is 16.8 Å². The Hall–Kier alpha value is -3.47. The molecule has 4 aromatic rings. The number of benzene rings is 2. The Morgan fingerprint density at radius 3 is 2.67 bits per heavy atom. The third kappa shape index (κ3) is 1.72. The van der Waals surface area contributed by atoms with Crippen molar-refractivity contribution in [2.24, 2.45) is 4.99 Å². The van der Waals surface area contributed by atoms with Crippen LogP contribution in [0.25, 0.3) is 27.8 Å². The summed E-state index contributed by atoms with van der Waals surface area (Å²) in [7, 11) is 0. The number of rotatable bonds is 1. The first-order chi connectivity index (χ1) is 11.8. The third-order valence-electron chi connectivity index (χ3n) is 4.32. The molecule has 5 rings (SSSR count). The average molecular weight is 312 g/mol. The second kappa shape index (κ2) is 4.76. The Balaban J connectivity index is 1.92. The minimum atomic E-state index is -0.156. The second-order valence-corrected chi connectivity index (χ2v) is 5.68. The molecule has 5 heteroatoms. The number of para-hydroxylation sites is 2. The summed E-state index contributed by atoms with van der Waals surface area (Å²) in [5.74, 6) is 0. The standard InChI is InChI=1S/C19H12N4O/c24-19-22-15-5-1-3-13-11-21-17-14(12-7-9-20-10-8-12)4-2-6-16(17)23(19)18(13)15/h1-11H,(H,22,24). The predicted octanol–water partition coefficient (Wildman–Crippen LogP) is 3.44. The van der Waals surface area contributed by atoms with Crippen LogP contribution < -0.4 is 5.69 Å². The Morgan fingerprint density at radius 1 is 0.958 bits per heavy atom. The van der Waals surface area contributed by atoms with Gasteiger partial charge < -0.3 is 4.98 Å². The summed E-state index contributed by atoms with van der Waals surface area (Å²) < 4.78 is 1.71. The van der Waals surface area contributed by atoms with E-state index in [9.17, 15) is 4.79 Å². The monoisotopic (exact) mass is 312 g/mol. The number of fused-ring (bicyclic) bond motifs is 2. The van der Waals surface area contributed by atoms with Crippen LogP contribution in [0, 0.1) is 0 Å². The van der Waals surface area contributed by atoms with Gasteiger partial charge in [0.1, 0.15) is 0 Å². The molecule has 2 aromatic heterocycles. The van der Waals surface area contributed by atoms with Gasteiger partial charge in [0.15, 0.2) is 0 Å². The van der Waals surface area contributed by atoms with Gasteiger partial charge in [0.25, 0.3) is 0 Å². The largest absolute Gasteiger partial charge is 0.331 e. The lowest BCUT2D eigenvalue weighted by Gasteiger charge is -2.11. The Labute approximate surface area is 137 Å². The van der Waals surface area contributed by atoms with Crippen molar-refractivity contribution >= 4 is 22.9 Å². The molecular formula is C19H12N4O. The number of imidazole rings is 1. The van der Waals surface area contributed by atoms with E-state index in [-0.39, 0.29) is 5.69 Å². The molecule has 1 aliphatic heterocycles. The van der Waals surface area contributed by atoms with Gasteiger partial charge in [-0.15, -0.1) is 0 Å². The van der Waals surface area contributed by atoms with Crippen LogP contribution in [0.4, 0.5) is 5.69 Å². The van der Waals surface area contributed by atoms with Crippen LogP contribution >= 0.6 is 0 Å². The molecule has 3 heterocycles. The van der Waals surface area contributed by atoms with Crippen molar-refractivity contribution in [3.63, 3.8) is 0 Å². The number of aromatic nitrogens is 3. The first-order valence-electron chi connectivity index (χ1n) is 7.64. The summed E-state index contributed by atoms with van der Waals surface area (Å²) in [6.45, 7) is 0. The van der Waals surface area contributed by atoms with Gasteiger partial charge in [0.05, 0.1) is 22.4 Å². The van der Waals surface area contributed by atoms with Gasteiger partial charge in [-0.1, -0.05) is 24.3 Å². The molecule has 0 fully saturated rings. The van der Waals surface area contributed by atoms with Gasteiger partial charge in [-0.2, -0.15) is 0 Å². The molecule has 0 spiro atoms. The molecule has 0 saturated heterocycles. The van der Waals surface area contributed by atoms with Crippen molar-refractivity contribution in [1.29, 1.82) is 0 Å². The van der Waals surface area contributed by atoms with Crippen molar-refractivity contribution < 1.29 is 0 Å². The summed E-state index contributed by atoms with van der Waals surface area (Å²) in [5, 5.41) is 0. The summed E-state index contributed by atoms with van der Waals surface area (Å²) in [6.07, 6.45) is 5.33. The van der Waals surface area contributed by atoms with Crippen LogP contribution in [0.15, 0.2) is 70.7 Å². The smallest absolute Gasteiger partial charge is 0.305 e. The van der Waals surface area contributed by atoms with Crippen molar-refractivity contribution in [2.75, 3.05) is 0 Å². The molecule has 5 nitrogen and oxygen atoms in total. The molecule has 24 heavy (non-hydrogen) atoms. The molecule has 0 bridgehead atoms. The van der Waals surface area contributed by atoms with Gasteiger partial charge in [0, 0.05) is 29.7 Å². The van der Waals surface area contributed by atoms with Crippen molar-refractivity contribution in [2.45, 2.75) is 0 Å². The van der Waals surface area contributed by atoms with E-state index < -0.39 is 0 Å². The van der Waals surface area contributed by atoms with E-state index in [1.165, 1.54) is 0 Å². The molecule has 0 amide bonds. The molecule has 1 aliphatic rings. The van der Waals surface area contributed by atoms with Crippen molar-refractivity contribution in [1.82, 2.24) is 14.5 Å². The second-order valence-electron chi connectivity index (χ2n) is 5.68. The highest BCUT2D eigenvalue weighted by Crippen LogP contribution is 2.37. The van der Waals surface area contributed by atoms with Gasteiger partial charge in [-0.3, -0.25) is 14.5 Å². The zero-order valence-electron chi connectivity index (χ0n) is 12.6. The van der Waals surface area contributed by atoms with Crippen LogP contribution in [0.3, 0.4) is 0 Å². The third-order valence-corrected chi connectivity index (χ3v) is 4.32. The molecule has 2 aromatic carbocycles. The number of hydrogen-bond donors (Lipinski definition) is 1. The van der Waals surface area contributed by atoms with Crippen LogP contribution in [0.1, 0.15) is 5.56 Å². The van der Waals surface area contributed by atoms with E-state index >= 15 is 0 Å². The normalized spacial score (nSPS) is 12.2. The molecule has 0 aliphatic carbocycles. The minimum Gasteiger partial charge on any atom is -0.305 e. The zero-order valence-corrected chi connectivity index (χ0v) is 12.6. The lowest BCUT2D eigenvalue weighted by atomic mass is 10.0. The van der Waals surface area contributed by atoms with Gasteiger partial charge in [-0.25, -0.2) is 4.79 Å². The summed E-state index contributed by atoms with van der Waals surface area (Å²) in [6, 6.07) is 15.6. The van der Waals surface area contributed by atoms with E-state index in [2.05, 4.69) is 9.97 Å². The van der Waals surface area contributed by atoms with Gasteiger partial charge >= 0.3 is 5.69 Å². The quantitative estimate of drug-likeness (QED) is 0.515. The number of hydrogen-bond acceptors (Lipinski definition) is 3. The lowest BCUT2D eigenvalue weighted by Crippen LogP contribution is -2.14. The molecule has 0 atom stereocenters. The Morgan fingerprint density at radius 2 is 1.79 bits per heavy atom. The van der Waals surface area contributed by atoms with E-state index in [1.54, 1.807) is 17.0 Å². The van der Waals surface area contributed by atoms with E-state index in [0.29, 0.717) is 0 Å². The first-order valence-corrected chi connectivity index (χ1v) is 7.64. The van der Waals surface area contributed by atoms with Gasteiger partial charge in [-0.05, 0) is 29.8 Å². The molecular weight excluding hydrogens is 300 g/mol. The van der Waals surface area contributed by atoms with Crippen LogP contribution in [0.2, 0.25) is 0 Å². The summed E-state index contributed by atoms with van der Waals surface area (Å²) in [4.78, 5) is 24.3. The fourth-order valence-electron chi connectivity index (χ4n) is 3.26. The van der Waals surface area contributed by atoms with Crippen LogP contribution in [-0.4, -0.2) is 20.7 Å². The number of nitrogens with one attached hydrogen (secondary N) is 1. The summed E-state index contributed by atoms with van der Waals surface area (Å²) >= 11 is 0. The molecule has 0 saturated carbocycles. The fraction of sp³-hybridized carbons (Fsp3) is 0. The molecule has 114 valence electrons. The topological polar surface area (TPSA) is 63.0 Å². The highest BCUT2D eigenvalue weighted by molar-refractivity contribution is 6.01. The maximum atomic E-state index is 12.6. The SMILES string of the molecule is O=c1[nH]c2cccc3c2n1-c1cccc(-c2ccncc2)c1N=C3.